The fourth-order valence-corrected chi connectivity index (χ4v) is 2.63. The van der Waals surface area contributed by atoms with Gasteiger partial charge in [-0.2, -0.15) is 0 Å². The van der Waals surface area contributed by atoms with Crippen molar-refractivity contribution in [2.45, 2.75) is 18.0 Å². The fraction of sp³-hybridized carbons (Fsp3) is 0.333. The molecule has 0 amide bonds. The lowest BCUT2D eigenvalue weighted by Gasteiger charge is -2.01. The molecule has 0 saturated heterocycles. The maximum absolute atomic E-state index is 11.0. The second-order valence-corrected chi connectivity index (χ2v) is 4.75. The Balaban J connectivity index is 2.15. The van der Waals surface area contributed by atoms with Crippen molar-refractivity contribution < 1.29 is 9.53 Å². The Morgan fingerprint density at radius 2 is 2.39 bits per heavy atom. The van der Waals surface area contributed by atoms with Crippen LogP contribution in [0.25, 0.3) is 5.65 Å². The molecule has 5 nitrogen and oxygen atoms in total. The number of rotatable bonds is 5. The van der Waals surface area contributed by atoms with Crippen molar-refractivity contribution in [1.82, 2.24) is 9.38 Å². The minimum Gasteiger partial charge on any atom is -0.469 e. The molecule has 2 heterocycles. The molecule has 0 spiro atoms. The van der Waals surface area contributed by atoms with Crippen LogP contribution in [0.5, 0.6) is 0 Å². The van der Waals surface area contributed by atoms with E-state index in [9.17, 15) is 4.79 Å². The summed E-state index contributed by atoms with van der Waals surface area (Å²) in [4.78, 5) is 15.5. The van der Waals surface area contributed by atoms with Crippen LogP contribution in [-0.2, 0) is 16.1 Å². The molecule has 2 N–H and O–H groups in total. The van der Waals surface area contributed by atoms with E-state index in [0.717, 1.165) is 16.4 Å². The second-order valence-electron chi connectivity index (χ2n) is 3.67. The van der Waals surface area contributed by atoms with E-state index < -0.39 is 0 Å². The lowest BCUT2D eigenvalue weighted by Crippen LogP contribution is -2.03. The van der Waals surface area contributed by atoms with E-state index in [-0.39, 0.29) is 5.97 Å². The zero-order valence-electron chi connectivity index (χ0n) is 10.1. The Morgan fingerprint density at radius 3 is 3.11 bits per heavy atom. The Morgan fingerprint density at radius 1 is 1.56 bits per heavy atom. The molecule has 0 saturated carbocycles. The standard InChI is InChI=1S/C12H15N3O2S/c1-17-11(16)5-7-18-12-9(8-13)15-6-3-2-4-10(15)14-12/h2-4,6H,5,7-8,13H2,1H3. The molecule has 0 aliphatic rings. The van der Waals surface area contributed by atoms with Crippen molar-refractivity contribution in [3.8, 4) is 0 Å². The van der Waals surface area contributed by atoms with E-state index in [4.69, 9.17) is 5.73 Å². The number of methoxy groups -OCH3 is 1. The van der Waals surface area contributed by atoms with E-state index in [2.05, 4.69) is 9.72 Å². The first-order chi connectivity index (χ1) is 8.76. The maximum atomic E-state index is 11.0. The highest BCUT2D eigenvalue weighted by atomic mass is 32.2. The predicted molar refractivity (Wildman–Crippen MR) is 70.4 cm³/mol. The number of fused-ring (bicyclic) bond motifs is 1. The van der Waals surface area contributed by atoms with Gasteiger partial charge in [0, 0.05) is 18.5 Å². The van der Waals surface area contributed by atoms with Gasteiger partial charge in [0.15, 0.2) is 0 Å². The number of thioether (sulfide) groups is 1. The maximum Gasteiger partial charge on any atom is 0.306 e. The third kappa shape index (κ3) is 2.65. The second kappa shape index (κ2) is 5.88. The summed E-state index contributed by atoms with van der Waals surface area (Å²) < 4.78 is 6.57. The quantitative estimate of drug-likeness (QED) is 0.654. The lowest BCUT2D eigenvalue weighted by atomic mass is 10.4. The number of hydrogen-bond donors (Lipinski definition) is 1. The molecule has 0 aliphatic heterocycles. The average Bonchev–Trinajstić information content (AvgIpc) is 2.75. The highest BCUT2D eigenvalue weighted by molar-refractivity contribution is 7.99. The van der Waals surface area contributed by atoms with Crippen LogP contribution in [0.4, 0.5) is 0 Å². The molecular formula is C12H15N3O2S. The van der Waals surface area contributed by atoms with Crippen LogP contribution in [0.2, 0.25) is 0 Å². The first kappa shape index (κ1) is 12.9. The molecule has 96 valence electrons. The average molecular weight is 265 g/mol. The third-order valence-corrected chi connectivity index (χ3v) is 3.57. The zero-order chi connectivity index (χ0) is 13.0. The number of nitrogens with two attached hydrogens (primary N) is 1. The number of carbonyl (C=O) groups excluding carboxylic acids is 1. The minimum atomic E-state index is -0.208. The molecule has 2 aromatic heterocycles. The van der Waals surface area contributed by atoms with Gasteiger partial charge in [-0.25, -0.2) is 4.98 Å². The zero-order valence-corrected chi connectivity index (χ0v) is 10.9. The van der Waals surface area contributed by atoms with Gasteiger partial charge in [-0.05, 0) is 12.1 Å². The summed E-state index contributed by atoms with van der Waals surface area (Å²) in [5.41, 5.74) is 7.60. The molecule has 18 heavy (non-hydrogen) atoms. The Hall–Kier alpha value is -1.53. The van der Waals surface area contributed by atoms with Crippen molar-refractivity contribution in [3.05, 3.63) is 30.1 Å². The van der Waals surface area contributed by atoms with E-state index in [0.29, 0.717) is 18.7 Å². The highest BCUT2D eigenvalue weighted by Gasteiger charge is 2.11. The smallest absolute Gasteiger partial charge is 0.306 e. The topological polar surface area (TPSA) is 69.6 Å². The third-order valence-electron chi connectivity index (χ3n) is 2.56. The van der Waals surface area contributed by atoms with E-state index >= 15 is 0 Å². The van der Waals surface area contributed by atoms with Crippen LogP contribution in [0.3, 0.4) is 0 Å². The van der Waals surface area contributed by atoms with Crippen LogP contribution in [0.1, 0.15) is 12.1 Å². The normalized spacial score (nSPS) is 10.8. The fourth-order valence-electron chi connectivity index (χ4n) is 1.66. The summed E-state index contributed by atoms with van der Waals surface area (Å²) in [6.07, 6.45) is 2.31. The molecule has 6 heteroatoms. The summed E-state index contributed by atoms with van der Waals surface area (Å²) in [6, 6.07) is 5.81. The largest absolute Gasteiger partial charge is 0.469 e. The molecule has 0 atom stereocenters. The molecule has 0 unspecified atom stereocenters. The van der Waals surface area contributed by atoms with Crippen molar-refractivity contribution in [2.24, 2.45) is 5.73 Å². The predicted octanol–water partition coefficient (Wildman–Crippen LogP) is 1.45. The monoisotopic (exact) mass is 265 g/mol. The van der Waals surface area contributed by atoms with Gasteiger partial charge in [0.2, 0.25) is 0 Å². The summed E-state index contributed by atoms with van der Waals surface area (Å²) in [6.45, 7) is 0.422. The van der Waals surface area contributed by atoms with Gasteiger partial charge in [-0.3, -0.25) is 4.79 Å². The number of imidazole rings is 1. The first-order valence-corrected chi connectivity index (χ1v) is 6.60. The molecule has 0 aliphatic carbocycles. The van der Waals surface area contributed by atoms with Crippen molar-refractivity contribution in [3.63, 3.8) is 0 Å². The van der Waals surface area contributed by atoms with Crippen molar-refractivity contribution >= 4 is 23.4 Å². The SMILES string of the molecule is COC(=O)CCSc1nc2ccccn2c1CN. The van der Waals surface area contributed by atoms with Gasteiger partial charge in [0.25, 0.3) is 0 Å². The van der Waals surface area contributed by atoms with Crippen LogP contribution >= 0.6 is 11.8 Å². The molecule has 0 radical (unpaired) electrons. The van der Waals surface area contributed by atoms with Gasteiger partial charge >= 0.3 is 5.97 Å². The molecule has 0 fully saturated rings. The summed E-state index contributed by atoms with van der Waals surface area (Å²) in [7, 11) is 1.39. The molecule has 0 bridgehead atoms. The van der Waals surface area contributed by atoms with Crippen molar-refractivity contribution in [2.75, 3.05) is 12.9 Å². The van der Waals surface area contributed by atoms with Gasteiger partial charge in [0.05, 0.1) is 19.2 Å². The number of esters is 1. The number of hydrogen-bond acceptors (Lipinski definition) is 5. The Kier molecular flexibility index (Phi) is 4.22. The van der Waals surface area contributed by atoms with Crippen LogP contribution in [0, 0.1) is 0 Å². The Labute approximate surface area is 109 Å². The highest BCUT2D eigenvalue weighted by Crippen LogP contribution is 2.23. The van der Waals surface area contributed by atoms with Crippen LogP contribution in [-0.4, -0.2) is 28.2 Å². The van der Waals surface area contributed by atoms with Crippen molar-refractivity contribution in [1.29, 1.82) is 0 Å². The van der Waals surface area contributed by atoms with Gasteiger partial charge in [-0.15, -0.1) is 11.8 Å². The van der Waals surface area contributed by atoms with Crippen LogP contribution < -0.4 is 5.73 Å². The van der Waals surface area contributed by atoms with Gasteiger partial charge < -0.3 is 14.9 Å². The number of nitrogens with zero attached hydrogens (tertiary/aromatic N) is 2. The van der Waals surface area contributed by atoms with Gasteiger partial charge in [-0.1, -0.05) is 6.07 Å². The molecule has 0 aromatic carbocycles. The number of aromatic nitrogens is 2. The molecule has 2 aromatic rings. The number of carbonyl (C=O) groups is 1. The number of pyridine rings is 1. The number of ether oxygens (including phenoxy) is 1. The van der Waals surface area contributed by atoms with E-state index in [1.165, 1.54) is 18.9 Å². The van der Waals surface area contributed by atoms with E-state index in [1.54, 1.807) is 0 Å². The molecule has 2 rings (SSSR count). The summed E-state index contributed by atoms with van der Waals surface area (Å²) in [5, 5.41) is 0.882. The summed E-state index contributed by atoms with van der Waals surface area (Å²) in [5.74, 6) is 0.435. The lowest BCUT2D eigenvalue weighted by molar-refractivity contribution is -0.140. The minimum absolute atomic E-state index is 0.208. The summed E-state index contributed by atoms with van der Waals surface area (Å²) >= 11 is 1.53. The molecular weight excluding hydrogens is 250 g/mol. The Bertz CT molecular complexity index is 553. The van der Waals surface area contributed by atoms with Crippen LogP contribution in [0.15, 0.2) is 29.4 Å². The first-order valence-electron chi connectivity index (χ1n) is 5.62. The van der Waals surface area contributed by atoms with E-state index in [1.807, 2.05) is 28.8 Å². The van der Waals surface area contributed by atoms with Gasteiger partial charge in [0.1, 0.15) is 10.7 Å².